The van der Waals surface area contributed by atoms with Crippen molar-refractivity contribution >= 4 is 0 Å². The van der Waals surface area contributed by atoms with Crippen molar-refractivity contribution in [3.8, 4) is 0 Å². The minimum Gasteiger partial charge on any atom is -0.394 e. The summed E-state index contributed by atoms with van der Waals surface area (Å²) in [5.74, 6) is 0.327. The van der Waals surface area contributed by atoms with Gasteiger partial charge in [-0.15, -0.1) is 0 Å². The van der Waals surface area contributed by atoms with E-state index in [1.807, 2.05) is 0 Å². The lowest BCUT2D eigenvalue weighted by Gasteiger charge is -2.40. The van der Waals surface area contributed by atoms with Crippen molar-refractivity contribution in [1.29, 1.82) is 0 Å². The summed E-state index contributed by atoms with van der Waals surface area (Å²) < 4.78 is 16.5. The highest BCUT2D eigenvalue weighted by atomic mass is 16.7. The number of rotatable bonds is 9. The van der Waals surface area contributed by atoms with Gasteiger partial charge in [-0.2, -0.15) is 0 Å². The Morgan fingerprint density at radius 2 is 1.81 bits per heavy atom. The van der Waals surface area contributed by atoms with Crippen molar-refractivity contribution in [2.75, 3.05) is 26.4 Å². The second-order valence-electron chi connectivity index (χ2n) is 6.09. The highest BCUT2D eigenvalue weighted by molar-refractivity contribution is 4.86. The van der Waals surface area contributed by atoms with E-state index in [0.29, 0.717) is 25.7 Å². The molecular formula is C15H30O6. The minimum atomic E-state index is -1.09. The summed E-state index contributed by atoms with van der Waals surface area (Å²) in [6.07, 6.45) is -1.32. The Morgan fingerprint density at radius 1 is 1.10 bits per heavy atom. The first-order valence-electron chi connectivity index (χ1n) is 7.79. The first kappa shape index (κ1) is 18.8. The molecule has 1 heterocycles. The molecule has 5 unspecified atom stereocenters. The normalized spacial score (nSPS) is 33.6. The quantitative estimate of drug-likeness (QED) is 0.539. The van der Waals surface area contributed by atoms with Crippen molar-refractivity contribution in [2.24, 2.45) is 11.8 Å². The average Bonchev–Trinajstić information content (AvgIpc) is 2.45. The average molecular weight is 306 g/mol. The summed E-state index contributed by atoms with van der Waals surface area (Å²) >= 11 is 0. The minimum absolute atomic E-state index is 0.351. The molecule has 0 bridgehead atoms. The molecule has 1 fully saturated rings. The van der Waals surface area contributed by atoms with Crippen LogP contribution in [0.25, 0.3) is 0 Å². The van der Waals surface area contributed by atoms with E-state index >= 15 is 0 Å². The molecule has 6 nitrogen and oxygen atoms in total. The Bertz CT molecular complexity index is 271. The van der Waals surface area contributed by atoms with Crippen molar-refractivity contribution < 1.29 is 29.5 Å². The molecule has 3 N–H and O–H groups in total. The maximum atomic E-state index is 9.89. The standard InChI is InChI=1S/C15H30O6/c1-10(2)5-4-6-19-7-8-20-15-11(3)13(17)14(18)12(9-16)21-15/h10-18H,4-9H2,1-3H3. The number of ether oxygens (including phenoxy) is 3. The van der Waals surface area contributed by atoms with Gasteiger partial charge in [0.25, 0.3) is 0 Å². The molecule has 0 radical (unpaired) electrons. The molecule has 0 amide bonds. The van der Waals surface area contributed by atoms with Gasteiger partial charge in [0.1, 0.15) is 12.2 Å². The molecule has 21 heavy (non-hydrogen) atoms. The SMILES string of the molecule is CC(C)CCCOCCOC1OC(CO)C(O)C(O)C1C. The Kier molecular flexibility index (Phi) is 8.70. The highest BCUT2D eigenvalue weighted by Gasteiger charge is 2.42. The Hall–Kier alpha value is -0.240. The fourth-order valence-corrected chi connectivity index (χ4v) is 2.33. The molecule has 1 rings (SSSR count). The molecule has 1 aliphatic heterocycles. The Balaban J connectivity index is 2.19. The largest absolute Gasteiger partial charge is 0.394 e. The lowest BCUT2D eigenvalue weighted by atomic mass is 9.92. The zero-order chi connectivity index (χ0) is 15.8. The van der Waals surface area contributed by atoms with E-state index in [0.717, 1.165) is 12.8 Å². The van der Waals surface area contributed by atoms with Gasteiger partial charge in [-0.1, -0.05) is 20.8 Å². The lowest BCUT2D eigenvalue weighted by molar-refractivity contribution is -0.284. The predicted molar refractivity (Wildman–Crippen MR) is 77.8 cm³/mol. The molecule has 0 saturated carbocycles. The highest BCUT2D eigenvalue weighted by Crippen LogP contribution is 2.26. The van der Waals surface area contributed by atoms with Crippen LogP contribution in [0.3, 0.4) is 0 Å². The van der Waals surface area contributed by atoms with Gasteiger partial charge in [-0.3, -0.25) is 0 Å². The zero-order valence-electron chi connectivity index (χ0n) is 13.3. The molecule has 0 aliphatic carbocycles. The third-order valence-electron chi connectivity index (χ3n) is 3.77. The van der Waals surface area contributed by atoms with Gasteiger partial charge >= 0.3 is 0 Å². The van der Waals surface area contributed by atoms with Crippen molar-refractivity contribution in [3.63, 3.8) is 0 Å². The van der Waals surface area contributed by atoms with Crippen LogP contribution in [0.2, 0.25) is 0 Å². The summed E-state index contributed by atoms with van der Waals surface area (Å²) in [6, 6.07) is 0. The molecule has 126 valence electrons. The smallest absolute Gasteiger partial charge is 0.163 e. The van der Waals surface area contributed by atoms with E-state index in [1.165, 1.54) is 0 Å². The van der Waals surface area contributed by atoms with Gasteiger partial charge in [0.05, 0.1) is 25.9 Å². The summed E-state index contributed by atoms with van der Waals surface area (Å²) in [5, 5.41) is 28.7. The Labute approximate surface area is 127 Å². The van der Waals surface area contributed by atoms with Gasteiger partial charge < -0.3 is 29.5 Å². The lowest BCUT2D eigenvalue weighted by Crippen LogP contribution is -2.55. The van der Waals surface area contributed by atoms with Gasteiger partial charge in [0.2, 0.25) is 0 Å². The Morgan fingerprint density at radius 3 is 2.43 bits per heavy atom. The number of aliphatic hydroxyl groups is 3. The second-order valence-corrected chi connectivity index (χ2v) is 6.09. The van der Waals surface area contributed by atoms with Crippen LogP contribution in [0.1, 0.15) is 33.6 Å². The van der Waals surface area contributed by atoms with Gasteiger partial charge in [0.15, 0.2) is 6.29 Å². The number of aliphatic hydroxyl groups excluding tert-OH is 3. The fraction of sp³-hybridized carbons (Fsp3) is 1.00. The molecule has 0 aromatic heterocycles. The third kappa shape index (κ3) is 6.18. The topological polar surface area (TPSA) is 88.4 Å². The van der Waals surface area contributed by atoms with Crippen molar-refractivity contribution in [1.82, 2.24) is 0 Å². The van der Waals surface area contributed by atoms with Crippen LogP contribution in [0.15, 0.2) is 0 Å². The first-order valence-corrected chi connectivity index (χ1v) is 7.79. The van der Waals surface area contributed by atoms with Crippen molar-refractivity contribution in [3.05, 3.63) is 0 Å². The molecule has 0 aromatic carbocycles. The number of hydrogen-bond acceptors (Lipinski definition) is 6. The fourth-order valence-electron chi connectivity index (χ4n) is 2.33. The predicted octanol–water partition coefficient (Wildman–Crippen LogP) is 0.531. The summed E-state index contributed by atoms with van der Waals surface area (Å²) in [4.78, 5) is 0. The van der Waals surface area contributed by atoms with E-state index in [-0.39, 0.29) is 12.5 Å². The van der Waals surface area contributed by atoms with E-state index in [4.69, 9.17) is 19.3 Å². The van der Waals surface area contributed by atoms with Crippen LogP contribution in [0, 0.1) is 11.8 Å². The van der Waals surface area contributed by atoms with Gasteiger partial charge in [-0.25, -0.2) is 0 Å². The zero-order valence-corrected chi connectivity index (χ0v) is 13.3. The van der Waals surface area contributed by atoms with Crippen LogP contribution in [-0.4, -0.2) is 66.3 Å². The van der Waals surface area contributed by atoms with Crippen LogP contribution < -0.4 is 0 Å². The molecule has 6 heteroatoms. The monoisotopic (exact) mass is 306 g/mol. The maximum Gasteiger partial charge on any atom is 0.163 e. The van der Waals surface area contributed by atoms with Crippen LogP contribution in [0.5, 0.6) is 0 Å². The third-order valence-corrected chi connectivity index (χ3v) is 3.77. The molecular weight excluding hydrogens is 276 g/mol. The van der Waals surface area contributed by atoms with Crippen molar-refractivity contribution in [2.45, 2.75) is 58.2 Å². The van der Waals surface area contributed by atoms with Gasteiger partial charge in [0, 0.05) is 12.5 Å². The van der Waals surface area contributed by atoms with E-state index in [1.54, 1.807) is 6.92 Å². The summed E-state index contributed by atoms with van der Waals surface area (Å²) in [7, 11) is 0. The van der Waals surface area contributed by atoms with Crippen LogP contribution in [-0.2, 0) is 14.2 Å². The summed E-state index contributed by atoms with van der Waals surface area (Å²) in [6.45, 7) is 7.30. The molecule has 1 aliphatic rings. The van der Waals surface area contributed by atoms with Gasteiger partial charge in [-0.05, 0) is 18.8 Å². The van der Waals surface area contributed by atoms with Crippen LogP contribution >= 0.6 is 0 Å². The molecule has 0 spiro atoms. The van der Waals surface area contributed by atoms with E-state index in [9.17, 15) is 10.2 Å². The van der Waals surface area contributed by atoms with E-state index in [2.05, 4.69) is 13.8 Å². The second kappa shape index (κ2) is 9.71. The van der Waals surface area contributed by atoms with Crippen LogP contribution in [0.4, 0.5) is 0 Å². The van der Waals surface area contributed by atoms with E-state index < -0.39 is 24.6 Å². The molecule has 1 saturated heterocycles. The first-order chi connectivity index (χ1) is 9.97. The summed E-state index contributed by atoms with van der Waals surface area (Å²) in [5.41, 5.74) is 0. The molecule has 0 aromatic rings. The number of hydrogen-bond donors (Lipinski definition) is 3. The molecule has 5 atom stereocenters. The maximum absolute atomic E-state index is 9.89.